The van der Waals surface area contributed by atoms with Crippen molar-refractivity contribution in [1.82, 2.24) is 31.2 Å². The van der Waals surface area contributed by atoms with Crippen LogP contribution in [0, 0.1) is 0 Å². The molecule has 0 bridgehead atoms. The zero-order valence-corrected chi connectivity index (χ0v) is 13.9. The number of aromatic nitrogens is 2. The van der Waals surface area contributed by atoms with Crippen molar-refractivity contribution in [2.75, 3.05) is 13.1 Å². The van der Waals surface area contributed by atoms with Gasteiger partial charge in [-0.1, -0.05) is 0 Å². The van der Waals surface area contributed by atoms with Crippen LogP contribution in [-0.4, -0.2) is 35.1 Å². The van der Waals surface area contributed by atoms with Gasteiger partial charge in [-0.25, -0.2) is 9.59 Å². The first-order chi connectivity index (χ1) is 12.2. The molecule has 132 valence electrons. The number of carbonyl (C=O) groups is 2. The molecule has 0 aliphatic rings. The van der Waals surface area contributed by atoms with E-state index in [1.54, 1.807) is 24.8 Å². The van der Waals surface area contributed by atoms with Gasteiger partial charge < -0.3 is 21.3 Å². The molecular formula is C17H22N6O2. The Balaban J connectivity index is 1.48. The van der Waals surface area contributed by atoms with Crippen LogP contribution in [-0.2, 0) is 13.1 Å². The monoisotopic (exact) mass is 342 g/mol. The fourth-order valence-corrected chi connectivity index (χ4v) is 1.98. The highest BCUT2D eigenvalue weighted by Gasteiger charge is 2.01. The summed E-state index contributed by atoms with van der Waals surface area (Å²) in [7, 11) is 0. The number of rotatable bonds is 8. The Hall–Kier alpha value is -3.16. The second kappa shape index (κ2) is 10.6. The first-order valence-electron chi connectivity index (χ1n) is 8.05. The van der Waals surface area contributed by atoms with Gasteiger partial charge in [-0.05, 0) is 41.8 Å². The fraction of sp³-hybridized carbons (Fsp3) is 0.294. The average Bonchev–Trinajstić information content (AvgIpc) is 2.66. The lowest BCUT2D eigenvalue weighted by Crippen LogP contribution is -2.38. The van der Waals surface area contributed by atoms with Crippen LogP contribution in [0.3, 0.4) is 0 Å². The molecule has 4 amide bonds. The van der Waals surface area contributed by atoms with Gasteiger partial charge in [0.05, 0.1) is 0 Å². The fourth-order valence-electron chi connectivity index (χ4n) is 1.98. The molecule has 2 rings (SSSR count). The molecule has 0 saturated carbocycles. The van der Waals surface area contributed by atoms with E-state index in [0.29, 0.717) is 32.6 Å². The molecule has 0 aliphatic heterocycles. The molecule has 8 heteroatoms. The second-order valence-electron chi connectivity index (χ2n) is 5.28. The van der Waals surface area contributed by atoms with Crippen LogP contribution in [0.5, 0.6) is 0 Å². The van der Waals surface area contributed by atoms with Crippen molar-refractivity contribution in [3.05, 3.63) is 60.2 Å². The van der Waals surface area contributed by atoms with Gasteiger partial charge in [-0.3, -0.25) is 9.97 Å². The lowest BCUT2D eigenvalue weighted by molar-refractivity contribution is 0.239. The molecule has 0 aliphatic carbocycles. The van der Waals surface area contributed by atoms with E-state index in [0.717, 1.165) is 11.1 Å². The molecule has 8 nitrogen and oxygen atoms in total. The van der Waals surface area contributed by atoms with E-state index >= 15 is 0 Å². The number of carbonyl (C=O) groups excluding carboxylic acids is 2. The van der Waals surface area contributed by atoms with Gasteiger partial charge in [0.15, 0.2) is 0 Å². The molecule has 0 aromatic carbocycles. The molecule has 0 spiro atoms. The number of pyridine rings is 2. The standard InChI is InChI=1S/C17H22N6O2/c24-16(22-12-14-2-8-18-9-3-14)20-6-1-7-21-17(25)23-13-15-4-10-19-11-5-15/h2-5,8-11H,1,6-7,12-13H2,(H2,20,22,24)(H2,21,23,25). The Morgan fingerprint density at radius 3 is 1.48 bits per heavy atom. The minimum absolute atomic E-state index is 0.237. The number of amides is 4. The van der Waals surface area contributed by atoms with Crippen LogP contribution in [0.4, 0.5) is 9.59 Å². The Bertz CT molecular complexity index is 593. The average molecular weight is 342 g/mol. The number of hydrogen-bond donors (Lipinski definition) is 4. The second-order valence-corrected chi connectivity index (χ2v) is 5.28. The van der Waals surface area contributed by atoms with E-state index in [4.69, 9.17) is 0 Å². The summed E-state index contributed by atoms with van der Waals surface area (Å²) in [5.74, 6) is 0. The molecule has 2 heterocycles. The van der Waals surface area contributed by atoms with Crippen LogP contribution in [0.25, 0.3) is 0 Å². The Morgan fingerprint density at radius 1 is 0.680 bits per heavy atom. The van der Waals surface area contributed by atoms with Gasteiger partial charge >= 0.3 is 12.1 Å². The largest absolute Gasteiger partial charge is 0.338 e. The van der Waals surface area contributed by atoms with Gasteiger partial charge in [-0.2, -0.15) is 0 Å². The van der Waals surface area contributed by atoms with Gasteiger partial charge in [-0.15, -0.1) is 0 Å². The van der Waals surface area contributed by atoms with Gasteiger partial charge in [0.25, 0.3) is 0 Å². The summed E-state index contributed by atoms with van der Waals surface area (Å²) < 4.78 is 0. The van der Waals surface area contributed by atoms with E-state index in [1.807, 2.05) is 24.3 Å². The molecule has 0 unspecified atom stereocenters. The topological polar surface area (TPSA) is 108 Å². The van der Waals surface area contributed by atoms with Crippen LogP contribution in [0.1, 0.15) is 17.5 Å². The van der Waals surface area contributed by atoms with Crippen LogP contribution in [0.15, 0.2) is 49.1 Å². The van der Waals surface area contributed by atoms with Crippen molar-refractivity contribution >= 4 is 12.1 Å². The quantitative estimate of drug-likeness (QED) is 0.540. The minimum Gasteiger partial charge on any atom is -0.338 e. The number of nitrogens with zero attached hydrogens (tertiary/aromatic N) is 2. The molecule has 0 saturated heterocycles. The van der Waals surface area contributed by atoms with Crippen molar-refractivity contribution in [2.45, 2.75) is 19.5 Å². The zero-order valence-electron chi connectivity index (χ0n) is 13.9. The maximum atomic E-state index is 11.6. The number of nitrogens with one attached hydrogen (secondary N) is 4. The van der Waals surface area contributed by atoms with Crippen molar-refractivity contribution in [2.24, 2.45) is 0 Å². The maximum Gasteiger partial charge on any atom is 0.315 e. The lowest BCUT2D eigenvalue weighted by Gasteiger charge is -2.09. The summed E-state index contributed by atoms with van der Waals surface area (Å²) in [6.45, 7) is 1.85. The summed E-state index contributed by atoms with van der Waals surface area (Å²) in [4.78, 5) is 31.1. The van der Waals surface area contributed by atoms with Crippen molar-refractivity contribution in [3.8, 4) is 0 Å². The third kappa shape index (κ3) is 7.78. The molecule has 2 aromatic heterocycles. The highest BCUT2D eigenvalue weighted by Crippen LogP contribution is 1.95. The predicted molar refractivity (Wildman–Crippen MR) is 93.6 cm³/mol. The maximum absolute atomic E-state index is 11.6. The minimum atomic E-state index is -0.237. The summed E-state index contributed by atoms with van der Waals surface area (Å²) in [5, 5.41) is 11.0. The van der Waals surface area contributed by atoms with Gasteiger partial charge in [0.1, 0.15) is 0 Å². The molecule has 0 fully saturated rings. The molecule has 0 radical (unpaired) electrons. The lowest BCUT2D eigenvalue weighted by atomic mass is 10.3. The Labute approximate surface area is 146 Å². The molecular weight excluding hydrogens is 320 g/mol. The zero-order chi connectivity index (χ0) is 17.7. The first-order valence-corrected chi connectivity index (χ1v) is 8.05. The SMILES string of the molecule is O=C(NCCCNC(=O)NCc1ccncc1)NCc1ccncc1. The Morgan fingerprint density at radius 2 is 1.08 bits per heavy atom. The highest BCUT2D eigenvalue weighted by molar-refractivity contribution is 5.74. The normalized spacial score (nSPS) is 9.92. The van der Waals surface area contributed by atoms with Gasteiger partial charge in [0, 0.05) is 51.0 Å². The summed E-state index contributed by atoms with van der Waals surface area (Å²) >= 11 is 0. The van der Waals surface area contributed by atoms with Crippen LogP contribution < -0.4 is 21.3 Å². The predicted octanol–water partition coefficient (Wildman–Crippen LogP) is 1.17. The Kier molecular flexibility index (Phi) is 7.70. The molecule has 0 atom stereocenters. The van der Waals surface area contributed by atoms with E-state index in [1.165, 1.54) is 0 Å². The number of urea groups is 2. The van der Waals surface area contributed by atoms with Crippen molar-refractivity contribution < 1.29 is 9.59 Å². The third-order valence-corrected chi connectivity index (χ3v) is 3.33. The third-order valence-electron chi connectivity index (χ3n) is 3.33. The highest BCUT2D eigenvalue weighted by atomic mass is 16.2. The smallest absolute Gasteiger partial charge is 0.315 e. The first kappa shape index (κ1) is 18.2. The van der Waals surface area contributed by atoms with E-state index in [2.05, 4.69) is 31.2 Å². The summed E-state index contributed by atoms with van der Waals surface area (Å²) in [5.41, 5.74) is 1.97. The summed E-state index contributed by atoms with van der Waals surface area (Å²) in [6, 6.07) is 6.89. The van der Waals surface area contributed by atoms with Crippen LogP contribution >= 0.6 is 0 Å². The summed E-state index contributed by atoms with van der Waals surface area (Å²) in [6.07, 6.45) is 7.37. The van der Waals surface area contributed by atoms with E-state index in [-0.39, 0.29) is 12.1 Å². The van der Waals surface area contributed by atoms with E-state index in [9.17, 15) is 9.59 Å². The van der Waals surface area contributed by atoms with Gasteiger partial charge in [0.2, 0.25) is 0 Å². The van der Waals surface area contributed by atoms with Crippen molar-refractivity contribution in [1.29, 1.82) is 0 Å². The van der Waals surface area contributed by atoms with Crippen LogP contribution in [0.2, 0.25) is 0 Å². The van der Waals surface area contributed by atoms with E-state index < -0.39 is 0 Å². The molecule has 2 aromatic rings. The molecule has 25 heavy (non-hydrogen) atoms. The van der Waals surface area contributed by atoms with Crippen molar-refractivity contribution in [3.63, 3.8) is 0 Å². The molecule has 4 N–H and O–H groups in total. The number of hydrogen-bond acceptors (Lipinski definition) is 4.